The summed E-state index contributed by atoms with van der Waals surface area (Å²) in [5, 5.41) is 6.21. The minimum Gasteiger partial charge on any atom is -0.346 e. The Bertz CT molecular complexity index is 445. The van der Waals surface area contributed by atoms with Crippen molar-refractivity contribution in [2.75, 3.05) is 37.6 Å². The molecule has 21 heavy (non-hydrogen) atoms. The monoisotopic (exact) mass is 308 g/mol. The highest BCUT2D eigenvalue weighted by molar-refractivity contribution is 7.13. The predicted octanol–water partition coefficient (Wildman–Crippen LogP) is 2.56. The van der Waals surface area contributed by atoms with Crippen molar-refractivity contribution in [3.63, 3.8) is 0 Å². The third-order valence-corrected chi connectivity index (χ3v) is 5.32. The minimum atomic E-state index is 0.114. The zero-order valence-electron chi connectivity index (χ0n) is 12.5. The van der Waals surface area contributed by atoms with E-state index in [1.165, 1.54) is 25.7 Å². The van der Waals surface area contributed by atoms with Gasteiger partial charge in [-0.1, -0.05) is 12.8 Å². The molecule has 2 aliphatic rings. The van der Waals surface area contributed by atoms with Gasteiger partial charge in [0.25, 0.3) is 0 Å². The van der Waals surface area contributed by atoms with Crippen LogP contribution in [0.1, 0.15) is 32.1 Å². The summed E-state index contributed by atoms with van der Waals surface area (Å²) in [6, 6.07) is 0.114. The van der Waals surface area contributed by atoms with Crippen LogP contribution in [0, 0.1) is 5.92 Å². The van der Waals surface area contributed by atoms with Crippen LogP contribution < -0.4 is 10.2 Å². The van der Waals surface area contributed by atoms with Gasteiger partial charge in [0.1, 0.15) is 0 Å². The summed E-state index contributed by atoms with van der Waals surface area (Å²) in [4.78, 5) is 20.9. The smallest absolute Gasteiger partial charge is 0.317 e. The number of thiazole rings is 1. The van der Waals surface area contributed by atoms with Gasteiger partial charge in [0, 0.05) is 44.3 Å². The first kappa shape index (κ1) is 14.6. The van der Waals surface area contributed by atoms with Gasteiger partial charge in [0.2, 0.25) is 0 Å². The van der Waals surface area contributed by atoms with Crippen LogP contribution in [0.5, 0.6) is 0 Å². The molecule has 0 unspecified atom stereocenters. The average Bonchev–Trinajstić information content (AvgIpc) is 3.15. The van der Waals surface area contributed by atoms with E-state index in [0.717, 1.165) is 44.3 Å². The number of nitrogens with one attached hydrogen (secondary N) is 1. The second-order valence-electron chi connectivity index (χ2n) is 5.98. The molecule has 2 fully saturated rings. The average molecular weight is 308 g/mol. The van der Waals surface area contributed by atoms with Crippen molar-refractivity contribution in [3.05, 3.63) is 11.6 Å². The number of anilines is 1. The van der Waals surface area contributed by atoms with Crippen LogP contribution in [-0.2, 0) is 0 Å². The fraction of sp³-hybridized carbons (Fsp3) is 0.733. The van der Waals surface area contributed by atoms with Crippen molar-refractivity contribution in [1.82, 2.24) is 15.2 Å². The fourth-order valence-corrected chi connectivity index (χ4v) is 3.94. The van der Waals surface area contributed by atoms with Gasteiger partial charge < -0.3 is 15.1 Å². The molecule has 116 valence electrons. The second kappa shape index (κ2) is 7.11. The van der Waals surface area contributed by atoms with Crippen LogP contribution in [0.2, 0.25) is 0 Å². The summed E-state index contributed by atoms with van der Waals surface area (Å²) in [6.07, 6.45) is 8.06. The number of hydrogen-bond acceptors (Lipinski definition) is 4. The van der Waals surface area contributed by atoms with Crippen LogP contribution in [0.25, 0.3) is 0 Å². The molecule has 1 saturated heterocycles. The molecule has 5 nitrogen and oxygen atoms in total. The topological polar surface area (TPSA) is 48.5 Å². The largest absolute Gasteiger partial charge is 0.346 e. The van der Waals surface area contributed by atoms with E-state index in [1.54, 1.807) is 11.3 Å². The van der Waals surface area contributed by atoms with Crippen molar-refractivity contribution in [2.45, 2.75) is 32.1 Å². The molecule has 1 aromatic heterocycles. The van der Waals surface area contributed by atoms with Gasteiger partial charge in [0.15, 0.2) is 5.13 Å². The predicted molar refractivity (Wildman–Crippen MR) is 85.9 cm³/mol. The molecule has 1 aliphatic heterocycles. The van der Waals surface area contributed by atoms with Gasteiger partial charge in [-0.2, -0.15) is 0 Å². The molecule has 1 saturated carbocycles. The van der Waals surface area contributed by atoms with Gasteiger partial charge in [-0.25, -0.2) is 9.78 Å². The standard InChI is InChI=1S/C15H24N4OS/c20-14(17-12-13-4-1-2-5-13)18-7-3-8-19(10-9-18)15-16-6-11-21-15/h6,11,13H,1-5,7-10,12H2,(H,17,20). The van der Waals surface area contributed by atoms with Crippen LogP contribution in [-0.4, -0.2) is 48.6 Å². The maximum atomic E-state index is 12.3. The number of nitrogens with zero attached hydrogens (tertiary/aromatic N) is 3. The molecule has 6 heteroatoms. The van der Waals surface area contributed by atoms with Crippen LogP contribution in [0.15, 0.2) is 11.6 Å². The number of carbonyl (C=O) groups is 1. The Balaban J connectivity index is 1.46. The van der Waals surface area contributed by atoms with Gasteiger partial charge in [0.05, 0.1) is 0 Å². The van der Waals surface area contributed by atoms with Crippen molar-refractivity contribution in [3.8, 4) is 0 Å². The number of hydrogen-bond donors (Lipinski definition) is 1. The molecule has 1 N–H and O–H groups in total. The maximum absolute atomic E-state index is 12.3. The van der Waals surface area contributed by atoms with Gasteiger partial charge in [-0.3, -0.25) is 0 Å². The summed E-state index contributed by atoms with van der Waals surface area (Å²) < 4.78 is 0. The zero-order valence-corrected chi connectivity index (χ0v) is 13.3. The summed E-state index contributed by atoms with van der Waals surface area (Å²) >= 11 is 1.67. The highest BCUT2D eigenvalue weighted by atomic mass is 32.1. The summed E-state index contributed by atoms with van der Waals surface area (Å²) in [5.74, 6) is 0.702. The molecule has 0 bridgehead atoms. The lowest BCUT2D eigenvalue weighted by atomic mass is 10.1. The molecule has 0 radical (unpaired) electrons. The van der Waals surface area contributed by atoms with E-state index in [2.05, 4.69) is 15.2 Å². The normalized spacial score (nSPS) is 20.6. The first-order valence-corrected chi connectivity index (χ1v) is 8.88. The quantitative estimate of drug-likeness (QED) is 0.933. The molecule has 1 aliphatic carbocycles. The number of amides is 2. The lowest BCUT2D eigenvalue weighted by molar-refractivity contribution is 0.199. The third-order valence-electron chi connectivity index (χ3n) is 4.49. The molecule has 2 amide bonds. The van der Waals surface area contributed by atoms with Crippen molar-refractivity contribution in [1.29, 1.82) is 0 Å². The SMILES string of the molecule is O=C(NCC1CCCC1)N1CCCN(c2nccs2)CC1. The summed E-state index contributed by atoms with van der Waals surface area (Å²) in [6.45, 7) is 4.35. The molecule has 1 aromatic rings. The van der Waals surface area contributed by atoms with E-state index in [1.807, 2.05) is 16.5 Å². The lowest BCUT2D eigenvalue weighted by Crippen LogP contribution is -2.43. The van der Waals surface area contributed by atoms with Gasteiger partial charge >= 0.3 is 6.03 Å². The number of urea groups is 1. The molecule has 2 heterocycles. The minimum absolute atomic E-state index is 0.114. The van der Waals surface area contributed by atoms with E-state index >= 15 is 0 Å². The lowest BCUT2D eigenvalue weighted by Gasteiger charge is -2.23. The van der Waals surface area contributed by atoms with Gasteiger partial charge in [-0.05, 0) is 25.2 Å². The number of rotatable bonds is 3. The zero-order chi connectivity index (χ0) is 14.5. The Hall–Kier alpha value is -1.30. The number of carbonyl (C=O) groups excluding carboxylic acids is 1. The van der Waals surface area contributed by atoms with E-state index in [0.29, 0.717) is 5.92 Å². The van der Waals surface area contributed by atoms with Crippen molar-refractivity contribution in [2.24, 2.45) is 5.92 Å². The van der Waals surface area contributed by atoms with E-state index in [-0.39, 0.29) is 6.03 Å². The first-order valence-electron chi connectivity index (χ1n) is 8.00. The van der Waals surface area contributed by atoms with Gasteiger partial charge in [-0.15, -0.1) is 11.3 Å². The molecular formula is C15H24N4OS. The Labute approximate surface area is 130 Å². The molecule has 0 spiro atoms. The molecule has 0 aromatic carbocycles. The third kappa shape index (κ3) is 3.87. The highest BCUT2D eigenvalue weighted by Crippen LogP contribution is 2.24. The molecular weight excluding hydrogens is 284 g/mol. The summed E-state index contributed by atoms with van der Waals surface area (Å²) in [5.41, 5.74) is 0. The van der Waals surface area contributed by atoms with Crippen molar-refractivity contribution < 1.29 is 4.79 Å². The Morgan fingerprint density at radius 2 is 2.10 bits per heavy atom. The second-order valence-corrected chi connectivity index (χ2v) is 6.85. The Kier molecular flexibility index (Phi) is 4.95. The van der Waals surface area contributed by atoms with Crippen LogP contribution >= 0.6 is 11.3 Å². The Morgan fingerprint density at radius 3 is 2.86 bits per heavy atom. The first-order chi connectivity index (χ1) is 10.3. The number of aromatic nitrogens is 1. The van der Waals surface area contributed by atoms with E-state index in [4.69, 9.17) is 0 Å². The Morgan fingerprint density at radius 1 is 1.24 bits per heavy atom. The van der Waals surface area contributed by atoms with Crippen LogP contribution in [0.3, 0.4) is 0 Å². The molecule has 3 rings (SSSR count). The van der Waals surface area contributed by atoms with E-state index < -0.39 is 0 Å². The van der Waals surface area contributed by atoms with E-state index in [9.17, 15) is 4.79 Å². The van der Waals surface area contributed by atoms with Crippen LogP contribution in [0.4, 0.5) is 9.93 Å². The molecule has 0 atom stereocenters. The fourth-order valence-electron chi connectivity index (χ4n) is 3.24. The highest BCUT2D eigenvalue weighted by Gasteiger charge is 2.21. The summed E-state index contributed by atoms with van der Waals surface area (Å²) in [7, 11) is 0. The maximum Gasteiger partial charge on any atom is 0.317 e. The van der Waals surface area contributed by atoms with Crippen molar-refractivity contribution >= 4 is 22.5 Å².